The summed E-state index contributed by atoms with van der Waals surface area (Å²) in [4.78, 5) is 4.06. The van der Waals surface area contributed by atoms with Crippen molar-refractivity contribution >= 4 is 0 Å². The Hall–Kier alpha value is -1.63. The van der Waals surface area contributed by atoms with Crippen molar-refractivity contribution in [3.8, 4) is 11.1 Å². The predicted molar refractivity (Wildman–Crippen MR) is 71.0 cm³/mol. The fourth-order valence-electron chi connectivity index (χ4n) is 2.52. The molecule has 0 radical (unpaired) electrons. The van der Waals surface area contributed by atoms with Gasteiger partial charge in [0.05, 0.1) is 0 Å². The van der Waals surface area contributed by atoms with E-state index in [0.717, 1.165) is 0 Å². The number of aryl methyl sites for hydroxylation is 1. The zero-order chi connectivity index (χ0) is 11.9. The molecule has 1 heteroatoms. The van der Waals surface area contributed by atoms with Crippen molar-refractivity contribution in [2.24, 2.45) is 0 Å². The standard InChI is InChI=1S/C16H17N/c1-12-11-14(13-5-9-17-10-6-13)3-4-15(12)16(2)7-8-16/h3-6,9-11H,7-8H2,1-2H3. The maximum atomic E-state index is 4.06. The molecule has 0 amide bonds. The number of benzene rings is 1. The van der Waals surface area contributed by atoms with Gasteiger partial charge >= 0.3 is 0 Å². The van der Waals surface area contributed by atoms with E-state index in [-0.39, 0.29) is 0 Å². The van der Waals surface area contributed by atoms with Crippen LogP contribution in [0.1, 0.15) is 30.9 Å². The summed E-state index contributed by atoms with van der Waals surface area (Å²) in [5, 5.41) is 0. The third-order valence-electron chi connectivity index (χ3n) is 3.89. The quantitative estimate of drug-likeness (QED) is 0.746. The van der Waals surface area contributed by atoms with Crippen molar-refractivity contribution in [1.82, 2.24) is 4.98 Å². The highest BCUT2D eigenvalue weighted by Gasteiger charge is 2.39. The average Bonchev–Trinajstić information content (AvgIpc) is 3.09. The largest absolute Gasteiger partial charge is 0.265 e. The Labute approximate surface area is 103 Å². The lowest BCUT2D eigenvalue weighted by molar-refractivity contribution is 0.780. The van der Waals surface area contributed by atoms with E-state index in [1.165, 1.54) is 35.1 Å². The molecule has 0 unspecified atom stereocenters. The molecular formula is C16H17N. The van der Waals surface area contributed by atoms with Gasteiger partial charge in [-0.3, -0.25) is 4.98 Å². The van der Waals surface area contributed by atoms with E-state index in [1.807, 2.05) is 12.4 Å². The van der Waals surface area contributed by atoms with Gasteiger partial charge in [-0.2, -0.15) is 0 Å². The molecule has 0 saturated heterocycles. The van der Waals surface area contributed by atoms with Crippen LogP contribution >= 0.6 is 0 Å². The Morgan fingerprint density at radius 1 is 1.00 bits per heavy atom. The summed E-state index contributed by atoms with van der Waals surface area (Å²) < 4.78 is 0. The molecule has 3 rings (SSSR count). The number of aromatic nitrogens is 1. The van der Waals surface area contributed by atoms with Gasteiger partial charge in [0, 0.05) is 12.4 Å². The van der Waals surface area contributed by atoms with Crippen LogP contribution in [0.3, 0.4) is 0 Å². The molecule has 2 aromatic rings. The number of rotatable bonds is 2. The van der Waals surface area contributed by atoms with E-state index < -0.39 is 0 Å². The predicted octanol–water partition coefficient (Wildman–Crippen LogP) is 4.11. The van der Waals surface area contributed by atoms with Crippen molar-refractivity contribution in [3.05, 3.63) is 53.9 Å². The van der Waals surface area contributed by atoms with Gasteiger partial charge in [-0.15, -0.1) is 0 Å². The number of hydrogen-bond acceptors (Lipinski definition) is 1. The lowest BCUT2D eigenvalue weighted by Gasteiger charge is -2.14. The van der Waals surface area contributed by atoms with Crippen LogP contribution in [0.15, 0.2) is 42.7 Å². The van der Waals surface area contributed by atoms with Crippen molar-refractivity contribution < 1.29 is 0 Å². The fraction of sp³-hybridized carbons (Fsp3) is 0.312. The van der Waals surface area contributed by atoms with Gasteiger partial charge in [0.25, 0.3) is 0 Å². The first kappa shape index (κ1) is 10.5. The Bertz CT molecular complexity index is 539. The Morgan fingerprint density at radius 3 is 2.29 bits per heavy atom. The minimum atomic E-state index is 0.459. The second kappa shape index (κ2) is 3.69. The minimum absolute atomic E-state index is 0.459. The molecule has 0 atom stereocenters. The summed E-state index contributed by atoms with van der Waals surface area (Å²) in [5.74, 6) is 0. The molecule has 0 spiro atoms. The number of hydrogen-bond donors (Lipinski definition) is 0. The molecule has 1 aliphatic carbocycles. The highest BCUT2D eigenvalue weighted by molar-refractivity contribution is 5.64. The van der Waals surface area contributed by atoms with E-state index in [2.05, 4.69) is 49.2 Å². The van der Waals surface area contributed by atoms with Crippen molar-refractivity contribution in [1.29, 1.82) is 0 Å². The number of nitrogens with zero attached hydrogens (tertiary/aromatic N) is 1. The van der Waals surface area contributed by atoms with Crippen LogP contribution < -0.4 is 0 Å². The zero-order valence-electron chi connectivity index (χ0n) is 10.4. The molecule has 0 bridgehead atoms. The molecule has 1 heterocycles. The molecule has 1 aliphatic rings. The van der Waals surface area contributed by atoms with Gasteiger partial charge in [0.2, 0.25) is 0 Å². The molecule has 1 saturated carbocycles. The maximum Gasteiger partial charge on any atom is 0.0273 e. The number of pyridine rings is 1. The van der Waals surface area contributed by atoms with Gasteiger partial charge in [0.1, 0.15) is 0 Å². The normalized spacial score (nSPS) is 16.8. The van der Waals surface area contributed by atoms with Crippen LogP contribution in [0, 0.1) is 6.92 Å². The van der Waals surface area contributed by atoms with Crippen LogP contribution in [0.25, 0.3) is 11.1 Å². The second-order valence-corrected chi connectivity index (χ2v) is 5.33. The van der Waals surface area contributed by atoms with Crippen LogP contribution in [0.4, 0.5) is 0 Å². The van der Waals surface area contributed by atoms with Crippen LogP contribution in [0.5, 0.6) is 0 Å². The summed E-state index contributed by atoms with van der Waals surface area (Å²) in [6.07, 6.45) is 6.37. The third kappa shape index (κ3) is 1.86. The first-order chi connectivity index (χ1) is 8.19. The summed E-state index contributed by atoms with van der Waals surface area (Å²) in [6.45, 7) is 4.59. The first-order valence-electron chi connectivity index (χ1n) is 6.21. The molecule has 86 valence electrons. The van der Waals surface area contributed by atoms with Crippen LogP contribution in [-0.4, -0.2) is 4.98 Å². The molecule has 1 aromatic carbocycles. The second-order valence-electron chi connectivity index (χ2n) is 5.33. The third-order valence-corrected chi connectivity index (χ3v) is 3.89. The molecule has 1 aromatic heterocycles. The smallest absolute Gasteiger partial charge is 0.0273 e. The molecule has 1 nitrogen and oxygen atoms in total. The highest BCUT2D eigenvalue weighted by atomic mass is 14.6. The molecule has 0 aliphatic heterocycles. The Kier molecular flexibility index (Phi) is 2.29. The van der Waals surface area contributed by atoms with Gasteiger partial charge in [-0.1, -0.05) is 25.1 Å². The molecular weight excluding hydrogens is 206 g/mol. The van der Waals surface area contributed by atoms with E-state index in [9.17, 15) is 0 Å². The van der Waals surface area contributed by atoms with E-state index in [0.29, 0.717) is 5.41 Å². The van der Waals surface area contributed by atoms with E-state index >= 15 is 0 Å². The van der Waals surface area contributed by atoms with E-state index in [1.54, 1.807) is 0 Å². The van der Waals surface area contributed by atoms with Gasteiger partial charge in [-0.25, -0.2) is 0 Å². The van der Waals surface area contributed by atoms with Crippen molar-refractivity contribution in [2.75, 3.05) is 0 Å². The Balaban J connectivity index is 2.02. The van der Waals surface area contributed by atoms with Crippen LogP contribution in [0.2, 0.25) is 0 Å². The lowest BCUT2D eigenvalue weighted by atomic mass is 9.91. The fourth-order valence-corrected chi connectivity index (χ4v) is 2.52. The molecule has 1 fully saturated rings. The maximum absolute atomic E-state index is 4.06. The molecule has 0 N–H and O–H groups in total. The van der Waals surface area contributed by atoms with Gasteiger partial charge in [-0.05, 0) is 59.6 Å². The van der Waals surface area contributed by atoms with Crippen molar-refractivity contribution in [2.45, 2.75) is 32.1 Å². The Morgan fingerprint density at radius 2 is 1.71 bits per heavy atom. The van der Waals surface area contributed by atoms with Crippen LogP contribution in [-0.2, 0) is 5.41 Å². The van der Waals surface area contributed by atoms with Crippen molar-refractivity contribution in [3.63, 3.8) is 0 Å². The minimum Gasteiger partial charge on any atom is -0.265 e. The average molecular weight is 223 g/mol. The first-order valence-corrected chi connectivity index (χ1v) is 6.21. The lowest BCUT2D eigenvalue weighted by Crippen LogP contribution is -2.02. The topological polar surface area (TPSA) is 12.9 Å². The summed E-state index contributed by atoms with van der Waals surface area (Å²) >= 11 is 0. The summed E-state index contributed by atoms with van der Waals surface area (Å²) in [7, 11) is 0. The highest BCUT2D eigenvalue weighted by Crippen LogP contribution is 2.49. The summed E-state index contributed by atoms with van der Waals surface area (Å²) in [6, 6.07) is 11.0. The van der Waals surface area contributed by atoms with Gasteiger partial charge in [0.15, 0.2) is 0 Å². The van der Waals surface area contributed by atoms with Gasteiger partial charge < -0.3 is 0 Å². The summed E-state index contributed by atoms with van der Waals surface area (Å²) in [5.41, 5.74) is 5.93. The SMILES string of the molecule is Cc1cc(-c2ccncc2)ccc1C1(C)CC1. The molecule has 17 heavy (non-hydrogen) atoms. The van der Waals surface area contributed by atoms with E-state index in [4.69, 9.17) is 0 Å². The monoisotopic (exact) mass is 223 g/mol. The zero-order valence-corrected chi connectivity index (χ0v) is 10.4.